The second-order valence-corrected chi connectivity index (χ2v) is 12.2. The Bertz CT molecular complexity index is 1710. The van der Waals surface area contributed by atoms with Gasteiger partial charge in [0.15, 0.2) is 0 Å². The number of hydrogen-bond acceptors (Lipinski definition) is 7. The molecule has 0 radical (unpaired) electrons. The molecule has 214 valence electrons. The fourth-order valence-electron chi connectivity index (χ4n) is 3.65. The van der Waals surface area contributed by atoms with Gasteiger partial charge in [-0.3, -0.25) is 9.44 Å². The van der Waals surface area contributed by atoms with E-state index >= 15 is 0 Å². The van der Waals surface area contributed by atoms with Gasteiger partial charge in [-0.2, -0.15) is 0 Å². The number of carboxylic acids is 1. The van der Waals surface area contributed by atoms with Crippen molar-refractivity contribution >= 4 is 37.4 Å². The van der Waals surface area contributed by atoms with Gasteiger partial charge in [0.2, 0.25) is 0 Å². The third-order valence-corrected chi connectivity index (χ3v) is 8.54. The van der Waals surface area contributed by atoms with Crippen LogP contribution in [0.3, 0.4) is 0 Å². The van der Waals surface area contributed by atoms with E-state index in [1.54, 1.807) is 12.1 Å². The van der Waals surface area contributed by atoms with Crippen LogP contribution in [0.2, 0.25) is 0 Å². The first-order valence-electron chi connectivity index (χ1n) is 12.6. The number of ether oxygens (including phenoxy) is 2. The lowest BCUT2D eigenvalue weighted by Gasteiger charge is -2.14. The summed E-state index contributed by atoms with van der Waals surface area (Å²) >= 11 is 0. The van der Waals surface area contributed by atoms with E-state index in [1.807, 2.05) is 25.1 Å². The Kier molecular flexibility index (Phi) is 9.15. The Morgan fingerprint density at radius 3 is 1.88 bits per heavy atom. The van der Waals surface area contributed by atoms with E-state index in [9.17, 15) is 26.7 Å². The van der Waals surface area contributed by atoms with Gasteiger partial charge in [-0.25, -0.2) is 21.6 Å². The molecule has 4 aromatic rings. The van der Waals surface area contributed by atoms with Crippen molar-refractivity contribution in [2.24, 2.45) is 0 Å². The first-order chi connectivity index (χ1) is 19.6. The highest BCUT2D eigenvalue weighted by atomic mass is 32.2. The van der Waals surface area contributed by atoms with Gasteiger partial charge in [0.05, 0.1) is 27.6 Å². The number of hydrogen-bond donors (Lipinski definition) is 3. The number of rotatable bonds is 13. The summed E-state index contributed by atoms with van der Waals surface area (Å²) in [6, 6.07) is 23.9. The molecule has 0 aliphatic rings. The molecule has 4 rings (SSSR count). The van der Waals surface area contributed by atoms with Crippen LogP contribution in [0.25, 0.3) is 0 Å². The van der Waals surface area contributed by atoms with Crippen LogP contribution in [0, 0.1) is 0 Å². The minimum absolute atomic E-state index is 0.0662. The van der Waals surface area contributed by atoms with Crippen LogP contribution < -0.4 is 18.9 Å². The topological polar surface area (TPSA) is 148 Å². The van der Waals surface area contributed by atoms with Gasteiger partial charge in [0.25, 0.3) is 20.0 Å². The van der Waals surface area contributed by atoms with Crippen molar-refractivity contribution in [1.29, 1.82) is 0 Å². The summed E-state index contributed by atoms with van der Waals surface area (Å²) in [5.41, 5.74) is -0.741. The lowest BCUT2D eigenvalue weighted by molar-refractivity contribution is 0.0698. The molecule has 10 nitrogen and oxygen atoms in total. The molecule has 3 N–H and O–H groups in total. The fraction of sp³-hybridized carbons (Fsp3) is 0.138. The minimum atomic E-state index is -4.15. The van der Waals surface area contributed by atoms with Crippen LogP contribution in [0.1, 0.15) is 30.1 Å². The van der Waals surface area contributed by atoms with Gasteiger partial charge < -0.3 is 14.6 Å². The molecule has 0 atom stereocenters. The van der Waals surface area contributed by atoms with E-state index in [0.29, 0.717) is 23.9 Å². The van der Waals surface area contributed by atoms with Crippen molar-refractivity contribution in [3.05, 3.63) is 103 Å². The molecule has 0 fully saturated rings. The maximum atomic E-state index is 12.9. The molecule has 0 spiro atoms. The predicted octanol–water partition coefficient (Wildman–Crippen LogP) is 5.96. The Morgan fingerprint density at radius 2 is 1.29 bits per heavy atom. The molecule has 0 amide bonds. The number of nitrogens with one attached hydrogen (secondary N) is 2. The summed E-state index contributed by atoms with van der Waals surface area (Å²) < 4.78 is 67.5. The molecule has 0 aromatic heterocycles. The van der Waals surface area contributed by atoms with Gasteiger partial charge in [0.1, 0.15) is 17.2 Å². The summed E-state index contributed by atoms with van der Waals surface area (Å²) in [7, 11) is -8.25. The van der Waals surface area contributed by atoms with Gasteiger partial charge in [0, 0.05) is 5.69 Å². The number of unbranched alkanes of at least 4 members (excludes halogenated alkanes) is 1. The molecule has 0 saturated heterocycles. The highest BCUT2D eigenvalue weighted by Crippen LogP contribution is 2.27. The molecular weight excluding hydrogens is 568 g/mol. The zero-order valence-corrected chi connectivity index (χ0v) is 23.6. The first kappa shape index (κ1) is 29.4. The van der Waals surface area contributed by atoms with Crippen LogP contribution in [0.15, 0.2) is 107 Å². The molecule has 0 heterocycles. The van der Waals surface area contributed by atoms with Gasteiger partial charge in [-0.05, 0) is 85.3 Å². The molecule has 4 aromatic carbocycles. The summed E-state index contributed by atoms with van der Waals surface area (Å²) in [6.45, 7) is 2.53. The maximum absolute atomic E-state index is 12.9. The zero-order chi connectivity index (χ0) is 29.5. The molecule has 0 aliphatic carbocycles. The molecule has 41 heavy (non-hydrogen) atoms. The zero-order valence-electron chi connectivity index (χ0n) is 22.0. The van der Waals surface area contributed by atoms with E-state index in [0.717, 1.165) is 18.9 Å². The lowest BCUT2D eigenvalue weighted by atomic mass is 10.1. The number of carboxylic acid groups (broad SMARTS) is 1. The Morgan fingerprint density at radius 1 is 0.732 bits per heavy atom. The number of anilines is 2. The SMILES string of the molecule is CCCCOc1ccc(S(=O)(=O)Nc2ccc(NS(=O)(=O)c3ccc(Oc4ccccc4)cc3)cc2C(=O)O)cc1. The summed E-state index contributed by atoms with van der Waals surface area (Å²) in [5.74, 6) is 0.0784. The molecular formula is C29H28N2O8S2. The highest BCUT2D eigenvalue weighted by Gasteiger charge is 2.21. The number of benzene rings is 4. The Labute approximate surface area is 238 Å². The second kappa shape index (κ2) is 12.7. The van der Waals surface area contributed by atoms with Crippen LogP contribution in [-0.2, 0) is 20.0 Å². The number of carbonyl (C=O) groups is 1. The lowest BCUT2D eigenvalue weighted by Crippen LogP contribution is -2.17. The van der Waals surface area contributed by atoms with Gasteiger partial charge in [-0.1, -0.05) is 31.5 Å². The van der Waals surface area contributed by atoms with E-state index in [-0.39, 0.29) is 21.2 Å². The molecule has 0 saturated carbocycles. The number of para-hydroxylation sites is 1. The third kappa shape index (κ3) is 7.77. The minimum Gasteiger partial charge on any atom is -0.494 e. The van der Waals surface area contributed by atoms with Crippen LogP contribution in [0.5, 0.6) is 17.2 Å². The molecule has 0 bridgehead atoms. The standard InChI is InChI=1S/C29H28N2O8S2/c1-2-3-19-38-22-10-14-26(15-11-22)41(36,37)31-28-18-9-21(20-27(28)29(32)33)30-40(34,35)25-16-12-24(13-17-25)39-23-7-5-4-6-8-23/h4-18,20,30-31H,2-3,19H2,1H3,(H,32,33). The fourth-order valence-corrected chi connectivity index (χ4v) is 5.78. The average molecular weight is 597 g/mol. The Balaban J connectivity index is 1.49. The Hall–Kier alpha value is -4.55. The smallest absolute Gasteiger partial charge is 0.337 e. The van der Waals surface area contributed by atoms with Crippen LogP contribution in [0.4, 0.5) is 11.4 Å². The summed E-state index contributed by atoms with van der Waals surface area (Å²) in [6.07, 6.45) is 1.82. The van der Waals surface area contributed by atoms with Crippen molar-refractivity contribution in [2.45, 2.75) is 29.6 Å². The average Bonchev–Trinajstić information content (AvgIpc) is 2.95. The van der Waals surface area contributed by atoms with Crippen molar-refractivity contribution in [3.8, 4) is 17.2 Å². The van der Waals surface area contributed by atoms with E-state index in [4.69, 9.17) is 9.47 Å². The monoisotopic (exact) mass is 596 g/mol. The maximum Gasteiger partial charge on any atom is 0.337 e. The van der Waals surface area contributed by atoms with E-state index in [1.165, 1.54) is 60.7 Å². The van der Waals surface area contributed by atoms with Crippen molar-refractivity contribution in [3.63, 3.8) is 0 Å². The third-order valence-electron chi connectivity index (χ3n) is 5.76. The summed E-state index contributed by atoms with van der Waals surface area (Å²) in [4.78, 5) is 11.8. The highest BCUT2D eigenvalue weighted by molar-refractivity contribution is 7.93. The van der Waals surface area contributed by atoms with Crippen LogP contribution in [-0.4, -0.2) is 34.5 Å². The summed E-state index contributed by atoms with van der Waals surface area (Å²) in [5, 5.41) is 9.72. The van der Waals surface area contributed by atoms with Crippen molar-refractivity contribution in [2.75, 3.05) is 16.1 Å². The largest absolute Gasteiger partial charge is 0.494 e. The predicted molar refractivity (Wildman–Crippen MR) is 155 cm³/mol. The quantitative estimate of drug-likeness (QED) is 0.160. The van der Waals surface area contributed by atoms with Gasteiger partial charge >= 0.3 is 5.97 Å². The van der Waals surface area contributed by atoms with E-state index < -0.39 is 31.6 Å². The molecule has 0 aliphatic heterocycles. The molecule has 12 heteroatoms. The van der Waals surface area contributed by atoms with E-state index in [2.05, 4.69) is 9.44 Å². The molecule has 0 unspecified atom stereocenters. The second-order valence-electron chi connectivity index (χ2n) is 8.84. The number of aromatic carboxylic acids is 1. The van der Waals surface area contributed by atoms with Gasteiger partial charge in [-0.15, -0.1) is 0 Å². The normalized spacial score (nSPS) is 11.4. The number of sulfonamides is 2. The van der Waals surface area contributed by atoms with Crippen LogP contribution >= 0.6 is 0 Å². The van der Waals surface area contributed by atoms with Crippen molar-refractivity contribution < 1.29 is 36.2 Å². The van der Waals surface area contributed by atoms with Crippen molar-refractivity contribution in [1.82, 2.24) is 0 Å². The first-order valence-corrected chi connectivity index (χ1v) is 15.5.